The molecule has 1 spiro atoms. The van der Waals surface area contributed by atoms with Crippen molar-refractivity contribution < 1.29 is 14.4 Å². The molecular formula is C21H28N2O3S2. The summed E-state index contributed by atoms with van der Waals surface area (Å²) in [6.07, 6.45) is 6.45. The van der Waals surface area contributed by atoms with Crippen LogP contribution in [0.5, 0.6) is 0 Å². The van der Waals surface area contributed by atoms with E-state index >= 15 is 0 Å². The van der Waals surface area contributed by atoms with E-state index in [1.54, 1.807) is 17.4 Å². The minimum atomic E-state index is -0.132. The maximum atomic E-state index is 12.7. The molecule has 2 saturated heterocycles. The molecular weight excluding hydrogens is 392 g/mol. The second kappa shape index (κ2) is 9.27. The molecule has 7 heteroatoms. The van der Waals surface area contributed by atoms with Crippen LogP contribution in [0, 0.1) is 11.3 Å². The lowest BCUT2D eigenvalue weighted by Gasteiger charge is -2.39. The standard InChI is InChI=1S/C21H28N2O3S2/c1-16(13-28-17(2)24)20(26)23-11-8-21(15-23)6-9-22(10-7-21)19(25)4-3-18-5-12-27-14-18/h3-5,12,14,16H,6-11,13,15H2,1-2H3. The number of likely N-dealkylation sites (tertiary alicyclic amines) is 2. The SMILES string of the molecule is CC(=O)SCC(C)C(=O)N1CCC2(CCN(C(=O)C=Cc3ccsc3)CC2)C1. The van der Waals surface area contributed by atoms with Crippen molar-refractivity contribution in [1.82, 2.24) is 9.80 Å². The number of amides is 2. The first-order chi connectivity index (χ1) is 13.4. The summed E-state index contributed by atoms with van der Waals surface area (Å²) in [6.45, 7) is 6.53. The van der Waals surface area contributed by atoms with Crippen LogP contribution in [0.2, 0.25) is 0 Å². The summed E-state index contributed by atoms with van der Waals surface area (Å²) >= 11 is 2.85. The Balaban J connectivity index is 1.48. The lowest BCUT2D eigenvalue weighted by atomic mass is 9.77. The van der Waals surface area contributed by atoms with Crippen LogP contribution in [-0.4, -0.2) is 58.7 Å². The minimum Gasteiger partial charge on any atom is -0.342 e. The lowest BCUT2D eigenvalue weighted by molar-refractivity contribution is -0.134. The van der Waals surface area contributed by atoms with E-state index in [1.165, 1.54) is 18.7 Å². The molecule has 1 unspecified atom stereocenters. The van der Waals surface area contributed by atoms with E-state index in [4.69, 9.17) is 0 Å². The maximum Gasteiger partial charge on any atom is 0.246 e. The summed E-state index contributed by atoms with van der Waals surface area (Å²) in [5.74, 6) is 0.647. The predicted octanol–water partition coefficient (Wildman–Crippen LogP) is 3.52. The molecule has 5 nitrogen and oxygen atoms in total. The summed E-state index contributed by atoms with van der Waals surface area (Å²) in [5.41, 5.74) is 1.21. The van der Waals surface area contributed by atoms with Crippen molar-refractivity contribution in [3.8, 4) is 0 Å². The van der Waals surface area contributed by atoms with Gasteiger partial charge in [-0.15, -0.1) is 0 Å². The first kappa shape index (κ1) is 21.1. The van der Waals surface area contributed by atoms with Crippen LogP contribution in [0.25, 0.3) is 6.08 Å². The van der Waals surface area contributed by atoms with E-state index in [2.05, 4.69) is 0 Å². The first-order valence-electron chi connectivity index (χ1n) is 9.80. The number of carbonyl (C=O) groups is 3. The topological polar surface area (TPSA) is 57.7 Å². The molecule has 3 rings (SSSR count). The number of hydrogen-bond donors (Lipinski definition) is 0. The zero-order valence-corrected chi connectivity index (χ0v) is 18.2. The van der Waals surface area contributed by atoms with Gasteiger partial charge in [-0.2, -0.15) is 11.3 Å². The summed E-state index contributed by atoms with van der Waals surface area (Å²) in [7, 11) is 0. The van der Waals surface area contributed by atoms with Crippen LogP contribution in [-0.2, 0) is 14.4 Å². The number of nitrogens with zero attached hydrogens (tertiary/aromatic N) is 2. The fourth-order valence-corrected chi connectivity index (χ4v) is 5.26. The Labute approximate surface area is 175 Å². The lowest BCUT2D eigenvalue weighted by Crippen LogP contribution is -2.44. The molecule has 0 aromatic carbocycles. The molecule has 1 aromatic rings. The number of hydrogen-bond acceptors (Lipinski definition) is 5. The summed E-state index contributed by atoms with van der Waals surface area (Å²) in [6, 6.07) is 2.00. The Morgan fingerprint density at radius 3 is 2.50 bits per heavy atom. The van der Waals surface area contributed by atoms with Crippen molar-refractivity contribution in [2.24, 2.45) is 11.3 Å². The van der Waals surface area contributed by atoms with Crippen LogP contribution >= 0.6 is 23.1 Å². The smallest absolute Gasteiger partial charge is 0.246 e. The summed E-state index contributed by atoms with van der Waals surface area (Å²) < 4.78 is 0. The highest BCUT2D eigenvalue weighted by molar-refractivity contribution is 8.13. The largest absolute Gasteiger partial charge is 0.342 e. The van der Waals surface area contributed by atoms with Gasteiger partial charge in [-0.1, -0.05) is 18.7 Å². The van der Waals surface area contributed by atoms with Gasteiger partial charge < -0.3 is 9.80 Å². The number of carbonyl (C=O) groups excluding carboxylic acids is 3. The zero-order valence-electron chi connectivity index (χ0n) is 16.6. The molecule has 2 aliphatic heterocycles. The Hall–Kier alpha value is -1.60. The van der Waals surface area contributed by atoms with Crippen LogP contribution in [0.4, 0.5) is 0 Å². The van der Waals surface area contributed by atoms with Gasteiger partial charge in [0, 0.05) is 50.8 Å². The maximum absolute atomic E-state index is 12.7. The number of thioether (sulfide) groups is 1. The third-order valence-corrected chi connectivity index (χ3v) is 7.58. The predicted molar refractivity (Wildman–Crippen MR) is 115 cm³/mol. The van der Waals surface area contributed by atoms with Gasteiger partial charge in [-0.25, -0.2) is 0 Å². The molecule has 3 heterocycles. The van der Waals surface area contributed by atoms with Crippen LogP contribution < -0.4 is 0 Å². The van der Waals surface area contributed by atoms with E-state index in [0.717, 1.165) is 51.0 Å². The van der Waals surface area contributed by atoms with Crippen molar-refractivity contribution in [3.05, 3.63) is 28.5 Å². The van der Waals surface area contributed by atoms with Crippen molar-refractivity contribution >= 4 is 46.1 Å². The van der Waals surface area contributed by atoms with Gasteiger partial charge in [0.25, 0.3) is 0 Å². The third kappa shape index (κ3) is 5.26. The molecule has 0 aliphatic carbocycles. The van der Waals surface area contributed by atoms with Crippen molar-refractivity contribution in [1.29, 1.82) is 0 Å². The van der Waals surface area contributed by atoms with E-state index in [-0.39, 0.29) is 28.3 Å². The van der Waals surface area contributed by atoms with E-state index in [1.807, 2.05) is 39.6 Å². The molecule has 1 aromatic heterocycles. The van der Waals surface area contributed by atoms with Gasteiger partial charge >= 0.3 is 0 Å². The van der Waals surface area contributed by atoms with Gasteiger partial charge in [-0.05, 0) is 53.1 Å². The van der Waals surface area contributed by atoms with Gasteiger partial charge in [0.15, 0.2) is 5.12 Å². The molecule has 2 amide bonds. The third-order valence-electron chi connectivity index (χ3n) is 5.81. The number of piperidine rings is 1. The fourth-order valence-electron chi connectivity index (χ4n) is 4.00. The fraction of sp³-hybridized carbons (Fsp3) is 0.571. The second-order valence-corrected chi connectivity index (χ2v) is 9.91. The van der Waals surface area contributed by atoms with Crippen molar-refractivity contribution in [3.63, 3.8) is 0 Å². The molecule has 0 N–H and O–H groups in total. The number of thiophene rings is 1. The molecule has 0 radical (unpaired) electrons. The minimum absolute atomic E-state index is 0.0580. The Bertz CT molecular complexity index is 737. The highest BCUT2D eigenvalue weighted by atomic mass is 32.2. The average molecular weight is 421 g/mol. The first-order valence-corrected chi connectivity index (χ1v) is 11.7. The summed E-state index contributed by atoms with van der Waals surface area (Å²) in [5, 5.41) is 4.08. The van der Waals surface area contributed by atoms with Crippen LogP contribution in [0.3, 0.4) is 0 Å². The highest BCUT2D eigenvalue weighted by Gasteiger charge is 2.43. The molecule has 2 aliphatic rings. The second-order valence-electron chi connectivity index (χ2n) is 7.93. The Morgan fingerprint density at radius 1 is 1.21 bits per heavy atom. The molecule has 0 bridgehead atoms. The van der Waals surface area contributed by atoms with Gasteiger partial charge in [0.1, 0.15) is 0 Å². The van der Waals surface area contributed by atoms with Gasteiger partial charge in [-0.3, -0.25) is 14.4 Å². The molecule has 0 saturated carbocycles. The van der Waals surface area contributed by atoms with Crippen LogP contribution in [0.1, 0.15) is 38.7 Å². The zero-order chi connectivity index (χ0) is 20.1. The van der Waals surface area contributed by atoms with E-state index in [0.29, 0.717) is 5.75 Å². The number of rotatable bonds is 5. The molecule has 28 heavy (non-hydrogen) atoms. The Kier molecular flexibility index (Phi) is 6.99. The summed E-state index contributed by atoms with van der Waals surface area (Å²) in [4.78, 5) is 40.1. The quantitative estimate of drug-likeness (QED) is 0.684. The van der Waals surface area contributed by atoms with E-state index in [9.17, 15) is 14.4 Å². The average Bonchev–Trinajstić information content (AvgIpc) is 3.34. The Morgan fingerprint density at radius 2 is 1.89 bits per heavy atom. The monoisotopic (exact) mass is 420 g/mol. The molecule has 152 valence electrons. The van der Waals surface area contributed by atoms with Crippen LogP contribution in [0.15, 0.2) is 22.9 Å². The normalized spacial score (nSPS) is 20.1. The van der Waals surface area contributed by atoms with Gasteiger partial charge in [0.2, 0.25) is 11.8 Å². The van der Waals surface area contributed by atoms with Crippen molar-refractivity contribution in [2.75, 3.05) is 31.9 Å². The van der Waals surface area contributed by atoms with Gasteiger partial charge in [0.05, 0.1) is 0 Å². The van der Waals surface area contributed by atoms with Crippen molar-refractivity contribution in [2.45, 2.75) is 33.1 Å². The van der Waals surface area contributed by atoms with E-state index < -0.39 is 0 Å². The highest BCUT2D eigenvalue weighted by Crippen LogP contribution is 2.41. The molecule has 1 atom stereocenters. The molecule has 2 fully saturated rings.